The van der Waals surface area contributed by atoms with Gasteiger partial charge in [0.25, 0.3) is 0 Å². The fourth-order valence-corrected chi connectivity index (χ4v) is 1.82. The van der Waals surface area contributed by atoms with Crippen molar-refractivity contribution in [3.05, 3.63) is 29.8 Å². The second kappa shape index (κ2) is 5.87. The Hall–Kier alpha value is -1.55. The van der Waals surface area contributed by atoms with Gasteiger partial charge in [-0.15, -0.1) is 0 Å². The van der Waals surface area contributed by atoms with E-state index in [0.717, 1.165) is 17.9 Å². The summed E-state index contributed by atoms with van der Waals surface area (Å²) in [5, 5.41) is 3.34. The van der Waals surface area contributed by atoms with E-state index in [2.05, 4.69) is 19.2 Å². The molecule has 1 saturated heterocycles. The van der Waals surface area contributed by atoms with Crippen molar-refractivity contribution in [2.75, 3.05) is 6.61 Å². The largest absolute Gasteiger partial charge is 0.478 e. The van der Waals surface area contributed by atoms with Gasteiger partial charge in [-0.2, -0.15) is 0 Å². The molecule has 0 spiro atoms. The van der Waals surface area contributed by atoms with Crippen molar-refractivity contribution < 1.29 is 14.3 Å². The van der Waals surface area contributed by atoms with Crippen molar-refractivity contribution in [1.82, 2.24) is 5.32 Å². The Morgan fingerprint density at radius 3 is 2.89 bits per heavy atom. The molecule has 1 aromatic carbocycles. The number of esters is 1. The smallest absolute Gasteiger partial charge is 0.347 e. The van der Waals surface area contributed by atoms with E-state index in [0.29, 0.717) is 19.1 Å². The molecule has 1 fully saturated rings. The van der Waals surface area contributed by atoms with Crippen molar-refractivity contribution in [2.24, 2.45) is 0 Å². The Labute approximate surface area is 107 Å². The van der Waals surface area contributed by atoms with Crippen LogP contribution in [0.1, 0.15) is 25.8 Å². The molecule has 0 bridgehead atoms. The molecular formula is C14H19NO3. The van der Waals surface area contributed by atoms with Gasteiger partial charge in [0, 0.05) is 24.6 Å². The molecule has 0 aliphatic carbocycles. The van der Waals surface area contributed by atoms with Gasteiger partial charge >= 0.3 is 5.97 Å². The highest BCUT2D eigenvalue weighted by molar-refractivity contribution is 5.76. The van der Waals surface area contributed by atoms with E-state index in [4.69, 9.17) is 9.47 Å². The number of rotatable bonds is 5. The summed E-state index contributed by atoms with van der Waals surface area (Å²) < 4.78 is 10.6. The SMILES string of the molecule is CC(C)NCc1ccccc1OC1CCOC1=O. The van der Waals surface area contributed by atoms with Gasteiger partial charge in [0.15, 0.2) is 6.10 Å². The van der Waals surface area contributed by atoms with Gasteiger partial charge < -0.3 is 14.8 Å². The fourth-order valence-electron chi connectivity index (χ4n) is 1.82. The van der Waals surface area contributed by atoms with Crippen LogP contribution in [-0.4, -0.2) is 24.7 Å². The lowest BCUT2D eigenvalue weighted by Crippen LogP contribution is -2.25. The minimum absolute atomic E-state index is 0.262. The molecule has 0 aromatic heterocycles. The van der Waals surface area contributed by atoms with Gasteiger partial charge in [-0.3, -0.25) is 0 Å². The molecule has 0 radical (unpaired) electrons. The highest BCUT2D eigenvalue weighted by atomic mass is 16.6. The maximum absolute atomic E-state index is 11.4. The summed E-state index contributed by atoms with van der Waals surface area (Å²) >= 11 is 0. The van der Waals surface area contributed by atoms with Crippen LogP contribution >= 0.6 is 0 Å². The Balaban J connectivity index is 2.04. The molecule has 1 N–H and O–H groups in total. The van der Waals surface area contributed by atoms with Crippen LogP contribution in [0.15, 0.2) is 24.3 Å². The predicted molar refractivity (Wildman–Crippen MR) is 68.4 cm³/mol. The Morgan fingerprint density at radius 1 is 1.44 bits per heavy atom. The van der Waals surface area contributed by atoms with Crippen LogP contribution in [0.3, 0.4) is 0 Å². The number of benzene rings is 1. The van der Waals surface area contributed by atoms with Crippen molar-refractivity contribution in [3.63, 3.8) is 0 Å². The molecule has 1 unspecified atom stereocenters. The third-order valence-corrected chi connectivity index (χ3v) is 2.83. The van der Waals surface area contributed by atoms with E-state index >= 15 is 0 Å². The molecule has 4 nitrogen and oxygen atoms in total. The van der Waals surface area contributed by atoms with Crippen molar-refractivity contribution in [2.45, 2.75) is 39.0 Å². The lowest BCUT2D eigenvalue weighted by atomic mass is 10.2. The molecule has 1 aliphatic rings. The number of cyclic esters (lactones) is 1. The molecule has 2 rings (SSSR count). The number of hydrogen-bond donors (Lipinski definition) is 1. The van der Waals surface area contributed by atoms with Crippen molar-refractivity contribution in [3.8, 4) is 5.75 Å². The third-order valence-electron chi connectivity index (χ3n) is 2.83. The molecule has 98 valence electrons. The second-order valence-corrected chi connectivity index (χ2v) is 4.71. The van der Waals surface area contributed by atoms with E-state index in [1.165, 1.54) is 0 Å². The minimum atomic E-state index is -0.454. The fraction of sp³-hybridized carbons (Fsp3) is 0.500. The molecule has 18 heavy (non-hydrogen) atoms. The summed E-state index contributed by atoms with van der Waals surface area (Å²) in [4.78, 5) is 11.4. The summed E-state index contributed by atoms with van der Waals surface area (Å²) in [6, 6.07) is 8.19. The maximum Gasteiger partial charge on any atom is 0.347 e. The molecule has 4 heteroatoms. The third kappa shape index (κ3) is 3.23. The number of carbonyl (C=O) groups is 1. The zero-order valence-corrected chi connectivity index (χ0v) is 10.8. The van der Waals surface area contributed by atoms with E-state index in [1.807, 2.05) is 24.3 Å². The zero-order valence-electron chi connectivity index (χ0n) is 10.8. The highest BCUT2D eigenvalue weighted by Gasteiger charge is 2.28. The van der Waals surface area contributed by atoms with Crippen molar-refractivity contribution in [1.29, 1.82) is 0 Å². The van der Waals surface area contributed by atoms with E-state index < -0.39 is 6.10 Å². The quantitative estimate of drug-likeness (QED) is 0.809. The first-order valence-corrected chi connectivity index (χ1v) is 6.31. The van der Waals surface area contributed by atoms with Crippen LogP contribution < -0.4 is 10.1 Å². The van der Waals surface area contributed by atoms with Crippen LogP contribution in [0.4, 0.5) is 0 Å². The molecule has 1 atom stereocenters. The minimum Gasteiger partial charge on any atom is -0.478 e. The number of nitrogens with one attached hydrogen (secondary N) is 1. The number of hydrogen-bond acceptors (Lipinski definition) is 4. The topological polar surface area (TPSA) is 47.6 Å². The molecule has 0 amide bonds. The lowest BCUT2D eigenvalue weighted by Gasteiger charge is -2.15. The first-order valence-electron chi connectivity index (χ1n) is 6.31. The summed E-state index contributed by atoms with van der Waals surface area (Å²) in [5.74, 6) is 0.496. The second-order valence-electron chi connectivity index (χ2n) is 4.71. The van der Waals surface area contributed by atoms with Crippen LogP contribution in [0.2, 0.25) is 0 Å². The van der Waals surface area contributed by atoms with Gasteiger partial charge in [0.2, 0.25) is 0 Å². The van der Waals surface area contributed by atoms with Gasteiger partial charge in [0.05, 0.1) is 6.61 Å². The van der Waals surface area contributed by atoms with Gasteiger partial charge in [-0.05, 0) is 6.07 Å². The monoisotopic (exact) mass is 249 g/mol. The maximum atomic E-state index is 11.4. The Morgan fingerprint density at radius 2 is 2.22 bits per heavy atom. The Kier molecular flexibility index (Phi) is 4.20. The van der Waals surface area contributed by atoms with Gasteiger partial charge in [0.1, 0.15) is 5.75 Å². The first-order chi connectivity index (χ1) is 8.66. The molecule has 1 aliphatic heterocycles. The summed E-state index contributed by atoms with van der Waals surface area (Å²) in [7, 11) is 0. The molecule has 0 saturated carbocycles. The van der Waals surface area contributed by atoms with E-state index in [-0.39, 0.29) is 5.97 Å². The zero-order chi connectivity index (χ0) is 13.0. The summed E-state index contributed by atoms with van der Waals surface area (Å²) in [6.07, 6.45) is 0.176. The number of para-hydroxylation sites is 1. The van der Waals surface area contributed by atoms with E-state index in [9.17, 15) is 4.79 Å². The number of carbonyl (C=O) groups excluding carboxylic acids is 1. The van der Waals surface area contributed by atoms with Gasteiger partial charge in [-0.25, -0.2) is 4.79 Å². The first kappa shape index (κ1) is 12.9. The number of ether oxygens (including phenoxy) is 2. The average Bonchev–Trinajstić information content (AvgIpc) is 2.74. The highest BCUT2D eigenvalue weighted by Crippen LogP contribution is 2.22. The van der Waals surface area contributed by atoms with Crippen LogP contribution in [0.5, 0.6) is 5.75 Å². The standard InChI is InChI=1S/C14H19NO3/c1-10(2)15-9-11-5-3-4-6-12(11)18-13-7-8-17-14(13)16/h3-6,10,13,15H,7-9H2,1-2H3. The average molecular weight is 249 g/mol. The molecule has 1 aromatic rings. The summed E-state index contributed by atoms with van der Waals surface area (Å²) in [5.41, 5.74) is 1.06. The Bertz CT molecular complexity index is 417. The van der Waals surface area contributed by atoms with Crippen LogP contribution in [-0.2, 0) is 16.1 Å². The van der Waals surface area contributed by atoms with Crippen LogP contribution in [0, 0.1) is 0 Å². The lowest BCUT2D eigenvalue weighted by molar-refractivity contribution is -0.143. The van der Waals surface area contributed by atoms with Gasteiger partial charge in [-0.1, -0.05) is 32.0 Å². The van der Waals surface area contributed by atoms with E-state index in [1.54, 1.807) is 0 Å². The van der Waals surface area contributed by atoms with Crippen LogP contribution in [0.25, 0.3) is 0 Å². The molecular weight excluding hydrogens is 230 g/mol. The predicted octanol–water partition coefficient (Wildman–Crippen LogP) is 1.88. The summed E-state index contributed by atoms with van der Waals surface area (Å²) in [6.45, 7) is 5.38. The normalized spacial score (nSPS) is 19.1. The van der Waals surface area contributed by atoms with Crippen molar-refractivity contribution >= 4 is 5.97 Å². The molecule has 1 heterocycles.